The van der Waals surface area contributed by atoms with Gasteiger partial charge in [0.05, 0.1) is 12.2 Å². The molecule has 0 amide bonds. The molecule has 3 N–H and O–H groups in total. The molecule has 34 heavy (non-hydrogen) atoms. The van der Waals surface area contributed by atoms with E-state index >= 15 is 0 Å². The first kappa shape index (κ1) is 22.4. The zero-order chi connectivity index (χ0) is 23.2. The van der Waals surface area contributed by atoms with Gasteiger partial charge in [0.15, 0.2) is 5.96 Å². The van der Waals surface area contributed by atoms with Gasteiger partial charge in [-0.15, -0.1) is 0 Å². The molecule has 0 atom stereocenters. The molecular weight excluding hydrogens is 420 g/mol. The Balaban J connectivity index is 1.47. The average Bonchev–Trinajstić information content (AvgIpc) is 3.41. The highest BCUT2D eigenvalue weighted by atomic mass is 15.2. The lowest BCUT2D eigenvalue weighted by Gasteiger charge is -2.23. The highest BCUT2D eigenvalue weighted by Gasteiger charge is 2.22. The van der Waals surface area contributed by atoms with E-state index in [0.29, 0.717) is 5.92 Å². The van der Waals surface area contributed by atoms with Crippen LogP contribution in [-0.4, -0.2) is 29.0 Å². The summed E-state index contributed by atoms with van der Waals surface area (Å²) in [6.45, 7) is 4.66. The molecule has 176 valence electrons. The maximum atomic E-state index is 5.18. The lowest BCUT2D eigenvalue weighted by molar-refractivity contribution is 0.429. The minimum absolute atomic E-state index is 0.447. The molecule has 2 aromatic carbocycles. The van der Waals surface area contributed by atoms with Crippen LogP contribution in [0.25, 0.3) is 11.3 Å². The third-order valence-corrected chi connectivity index (χ3v) is 6.75. The van der Waals surface area contributed by atoms with Crippen LogP contribution in [0.1, 0.15) is 61.9 Å². The number of hydrogen-bond donors (Lipinski definition) is 3. The number of aliphatic imine (C=N–C) groups is 1. The second kappa shape index (κ2) is 10.7. The van der Waals surface area contributed by atoms with E-state index in [0.717, 1.165) is 60.6 Å². The van der Waals surface area contributed by atoms with Crippen LogP contribution in [-0.2, 0) is 13.0 Å². The predicted octanol–water partition coefficient (Wildman–Crippen LogP) is 5.74. The number of nitrogens with zero attached hydrogens (tertiary/aromatic N) is 3. The Bertz CT molecular complexity index is 1120. The van der Waals surface area contributed by atoms with Gasteiger partial charge in [0.1, 0.15) is 11.6 Å². The van der Waals surface area contributed by atoms with E-state index in [1.54, 1.807) is 0 Å². The van der Waals surface area contributed by atoms with Gasteiger partial charge in [0.25, 0.3) is 0 Å². The van der Waals surface area contributed by atoms with Gasteiger partial charge >= 0.3 is 0 Å². The molecule has 0 bridgehead atoms. The van der Waals surface area contributed by atoms with E-state index < -0.39 is 0 Å². The maximum absolute atomic E-state index is 5.18. The van der Waals surface area contributed by atoms with Crippen molar-refractivity contribution in [2.75, 3.05) is 23.7 Å². The molecule has 0 radical (unpaired) electrons. The number of rotatable bonds is 7. The molecule has 1 saturated carbocycles. The van der Waals surface area contributed by atoms with Crippen molar-refractivity contribution < 1.29 is 0 Å². The number of aromatic nitrogens is 2. The molecule has 1 aromatic heterocycles. The van der Waals surface area contributed by atoms with E-state index in [9.17, 15) is 0 Å². The molecule has 5 rings (SSSR count). The Kier molecular flexibility index (Phi) is 7.03. The van der Waals surface area contributed by atoms with Crippen LogP contribution in [0.4, 0.5) is 11.5 Å². The molecule has 6 nitrogen and oxygen atoms in total. The average molecular weight is 455 g/mol. The molecule has 0 unspecified atom stereocenters. The molecular formula is C28H34N6. The Hall–Kier alpha value is -3.41. The van der Waals surface area contributed by atoms with Crippen molar-refractivity contribution in [1.82, 2.24) is 15.3 Å². The number of nitrogens with one attached hydrogen (secondary N) is 3. The first-order valence-electron chi connectivity index (χ1n) is 12.6. The summed E-state index contributed by atoms with van der Waals surface area (Å²) in [6, 6.07) is 19.1. The van der Waals surface area contributed by atoms with Crippen LogP contribution in [0.5, 0.6) is 0 Å². The van der Waals surface area contributed by atoms with Crippen molar-refractivity contribution in [1.29, 1.82) is 0 Å². The highest BCUT2D eigenvalue weighted by Crippen LogP contribution is 2.35. The van der Waals surface area contributed by atoms with Crippen LogP contribution in [0.2, 0.25) is 0 Å². The summed E-state index contributed by atoms with van der Waals surface area (Å²) >= 11 is 0. The van der Waals surface area contributed by atoms with Gasteiger partial charge in [-0.2, -0.15) is 0 Å². The zero-order valence-electron chi connectivity index (χ0n) is 20.0. The fourth-order valence-electron chi connectivity index (χ4n) is 4.88. The predicted molar refractivity (Wildman–Crippen MR) is 140 cm³/mol. The van der Waals surface area contributed by atoms with E-state index in [1.165, 1.54) is 43.2 Å². The summed E-state index contributed by atoms with van der Waals surface area (Å²) < 4.78 is 0. The SMILES string of the molecule is CCc1c(NCc2ccccc2)nc(C2CCCCC2)nc1-c1ccc(NC2=NCCN2)cc1. The molecule has 2 heterocycles. The van der Waals surface area contributed by atoms with E-state index in [1.807, 2.05) is 0 Å². The summed E-state index contributed by atoms with van der Waals surface area (Å²) in [4.78, 5) is 14.7. The van der Waals surface area contributed by atoms with Gasteiger partial charge in [-0.05, 0) is 37.0 Å². The molecule has 1 aliphatic heterocycles. The topological polar surface area (TPSA) is 74.2 Å². The van der Waals surface area contributed by atoms with Crippen LogP contribution in [0, 0.1) is 0 Å². The number of hydrogen-bond acceptors (Lipinski definition) is 6. The van der Waals surface area contributed by atoms with E-state index in [2.05, 4.69) is 82.5 Å². The minimum atomic E-state index is 0.447. The normalized spacial score (nSPS) is 16.1. The van der Waals surface area contributed by atoms with Gasteiger partial charge in [-0.1, -0.05) is 68.7 Å². The smallest absolute Gasteiger partial charge is 0.195 e. The minimum Gasteiger partial charge on any atom is -0.366 e. The first-order valence-corrected chi connectivity index (χ1v) is 12.6. The highest BCUT2D eigenvalue weighted by molar-refractivity contribution is 5.94. The van der Waals surface area contributed by atoms with E-state index in [4.69, 9.17) is 9.97 Å². The summed E-state index contributed by atoms with van der Waals surface area (Å²) in [6.07, 6.45) is 7.10. The zero-order valence-corrected chi connectivity index (χ0v) is 20.0. The van der Waals surface area contributed by atoms with Gasteiger partial charge in [0, 0.05) is 35.8 Å². The maximum Gasteiger partial charge on any atom is 0.195 e. The number of anilines is 2. The summed E-state index contributed by atoms with van der Waals surface area (Å²) in [5.41, 5.74) is 5.64. The fraction of sp³-hybridized carbons (Fsp3) is 0.393. The van der Waals surface area contributed by atoms with Crippen LogP contribution >= 0.6 is 0 Å². The number of benzene rings is 2. The van der Waals surface area contributed by atoms with Crippen molar-refractivity contribution in [3.05, 3.63) is 71.5 Å². The van der Waals surface area contributed by atoms with Crippen LogP contribution in [0.3, 0.4) is 0 Å². The molecule has 2 aliphatic rings. The molecule has 0 spiro atoms. The summed E-state index contributed by atoms with van der Waals surface area (Å²) in [5.74, 6) is 3.26. The molecule has 1 fully saturated rings. The van der Waals surface area contributed by atoms with Gasteiger partial charge < -0.3 is 16.0 Å². The Morgan fingerprint density at radius 1 is 0.941 bits per heavy atom. The fourth-order valence-corrected chi connectivity index (χ4v) is 4.88. The summed E-state index contributed by atoms with van der Waals surface area (Å²) in [7, 11) is 0. The van der Waals surface area contributed by atoms with Gasteiger partial charge in [0.2, 0.25) is 0 Å². The number of guanidine groups is 1. The summed E-state index contributed by atoms with van der Waals surface area (Å²) in [5, 5.41) is 10.3. The van der Waals surface area contributed by atoms with Gasteiger partial charge in [-0.3, -0.25) is 4.99 Å². The van der Waals surface area contributed by atoms with Crippen molar-refractivity contribution >= 4 is 17.5 Å². The second-order valence-corrected chi connectivity index (χ2v) is 9.14. The van der Waals surface area contributed by atoms with E-state index in [-0.39, 0.29) is 0 Å². The monoisotopic (exact) mass is 454 g/mol. The first-order chi connectivity index (χ1) is 16.8. The third kappa shape index (κ3) is 5.22. The van der Waals surface area contributed by atoms with Crippen molar-refractivity contribution in [3.8, 4) is 11.3 Å². The Morgan fingerprint density at radius 3 is 2.44 bits per heavy atom. The lowest BCUT2D eigenvalue weighted by atomic mass is 9.88. The standard InChI is InChI=1S/C28H34N6/c1-2-24-25(21-13-15-23(16-14-21)32-28-29-17-18-30-28)33-26(22-11-7-4-8-12-22)34-27(24)31-19-20-9-5-3-6-10-20/h3,5-6,9-10,13-16,22H,2,4,7-8,11-12,17-19H2,1H3,(H2,29,30,32)(H,31,33,34). The third-order valence-electron chi connectivity index (χ3n) is 6.75. The molecule has 0 saturated heterocycles. The van der Waals surface area contributed by atoms with Crippen molar-refractivity contribution in [3.63, 3.8) is 0 Å². The lowest BCUT2D eigenvalue weighted by Crippen LogP contribution is -2.26. The van der Waals surface area contributed by atoms with Crippen molar-refractivity contribution in [2.45, 2.75) is 57.9 Å². The van der Waals surface area contributed by atoms with Crippen LogP contribution < -0.4 is 16.0 Å². The Morgan fingerprint density at radius 2 is 1.74 bits per heavy atom. The second-order valence-electron chi connectivity index (χ2n) is 9.14. The molecule has 1 aliphatic carbocycles. The largest absolute Gasteiger partial charge is 0.366 e. The van der Waals surface area contributed by atoms with Crippen molar-refractivity contribution in [2.24, 2.45) is 4.99 Å². The molecule has 3 aromatic rings. The Labute approximate surface area is 202 Å². The van der Waals surface area contributed by atoms with Crippen LogP contribution in [0.15, 0.2) is 59.6 Å². The quantitative estimate of drug-likeness (QED) is 0.425. The van der Waals surface area contributed by atoms with Gasteiger partial charge in [-0.25, -0.2) is 9.97 Å². The molecule has 6 heteroatoms.